The molecule has 0 aliphatic carbocycles. The van der Waals surface area contributed by atoms with Crippen LogP contribution in [0.25, 0.3) is 0 Å². The summed E-state index contributed by atoms with van der Waals surface area (Å²) < 4.78 is 80.3. The topological polar surface area (TPSA) is 53.5 Å². The molecule has 1 fully saturated rings. The summed E-state index contributed by atoms with van der Waals surface area (Å²) in [6, 6.07) is 5.69. The smallest absolute Gasteiger partial charge is 0.246 e. The average molecular weight is 472 g/mol. The number of hydrogen-bond donors (Lipinski definition) is 0. The van der Waals surface area contributed by atoms with Crippen LogP contribution < -0.4 is 4.90 Å². The van der Waals surface area contributed by atoms with Crippen LogP contribution in [0, 0.1) is 23.3 Å². The molecule has 2 aromatic carbocycles. The minimum atomic E-state index is -4.08. The van der Waals surface area contributed by atoms with Crippen LogP contribution in [0.1, 0.15) is 11.3 Å². The first-order chi connectivity index (χ1) is 14.7. The molecule has 1 saturated heterocycles. The van der Waals surface area contributed by atoms with Gasteiger partial charge in [0.05, 0.1) is 5.69 Å². The number of hydrogen-bond acceptors (Lipinski definition) is 5. The molecule has 0 radical (unpaired) electrons. The van der Waals surface area contributed by atoms with Crippen LogP contribution in [0.3, 0.4) is 0 Å². The van der Waals surface area contributed by atoms with Crippen molar-refractivity contribution in [3.8, 4) is 0 Å². The zero-order chi connectivity index (χ0) is 22.2. The van der Waals surface area contributed by atoms with Gasteiger partial charge in [0.15, 0.2) is 5.13 Å². The third-order valence-electron chi connectivity index (χ3n) is 4.87. The van der Waals surface area contributed by atoms with E-state index in [9.17, 15) is 26.0 Å². The number of nitrogens with zero attached hydrogens (tertiary/aromatic N) is 3. The SMILES string of the molecule is O=S(=O)(c1ccc(F)cc1F)N1CCN(c2nc(Cc3cc(F)cc(F)c3)cs2)CC1. The van der Waals surface area contributed by atoms with Crippen LogP contribution in [-0.4, -0.2) is 43.9 Å². The van der Waals surface area contributed by atoms with Gasteiger partial charge in [-0.15, -0.1) is 11.3 Å². The molecule has 4 rings (SSSR count). The van der Waals surface area contributed by atoms with Gasteiger partial charge < -0.3 is 4.90 Å². The molecule has 0 spiro atoms. The van der Waals surface area contributed by atoms with Gasteiger partial charge in [-0.05, 0) is 29.8 Å². The second kappa shape index (κ2) is 8.56. The molecule has 0 saturated carbocycles. The van der Waals surface area contributed by atoms with Gasteiger partial charge in [-0.1, -0.05) is 0 Å². The minimum Gasteiger partial charge on any atom is -0.345 e. The maximum atomic E-state index is 14.0. The molecule has 5 nitrogen and oxygen atoms in total. The van der Waals surface area contributed by atoms with E-state index >= 15 is 0 Å². The van der Waals surface area contributed by atoms with Crippen molar-refractivity contribution in [2.24, 2.45) is 0 Å². The second-order valence-electron chi connectivity index (χ2n) is 7.04. The Kier molecular flexibility index (Phi) is 6.00. The highest BCUT2D eigenvalue weighted by atomic mass is 32.2. The van der Waals surface area contributed by atoms with Gasteiger partial charge >= 0.3 is 0 Å². The fourth-order valence-electron chi connectivity index (χ4n) is 3.39. The van der Waals surface area contributed by atoms with E-state index in [-0.39, 0.29) is 19.5 Å². The predicted molar refractivity (Wildman–Crippen MR) is 109 cm³/mol. The Bertz CT molecular complexity index is 1190. The standard InChI is InChI=1S/C20H17F4N3O2S2/c21-14-1-2-19(18(24)11-14)31(28,29)27-5-3-26(4-6-27)20-25-17(12-30-20)9-13-7-15(22)10-16(23)8-13/h1-2,7-8,10-12H,3-6,9H2. The number of halogens is 4. The van der Waals surface area contributed by atoms with Crippen LogP contribution in [0.4, 0.5) is 22.7 Å². The van der Waals surface area contributed by atoms with Gasteiger partial charge in [0.1, 0.15) is 28.2 Å². The molecule has 1 aliphatic heterocycles. The predicted octanol–water partition coefficient (Wildman–Crippen LogP) is 3.80. The second-order valence-corrected chi connectivity index (χ2v) is 9.78. The number of rotatable bonds is 5. The van der Waals surface area contributed by atoms with E-state index in [0.29, 0.717) is 35.5 Å². The molecule has 1 aromatic heterocycles. The Morgan fingerprint density at radius 2 is 1.58 bits per heavy atom. The molecule has 164 valence electrons. The van der Waals surface area contributed by atoms with Crippen LogP contribution >= 0.6 is 11.3 Å². The van der Waals surface area contributed by atoms with Crippen molar-refractivity contribution >= 4 is 26.5 Å². The first-order valence-electron chi connectivity index (χ1n) is 9.32. The Hall–Kier alpha value is -2.50. The van der Waals surface area contributed by atoms with Crippen LogP contribution in [0.2, 0.25) is 0 Å². The van der Waals surface area contributed by atoms with Crippen molar-refractivity contribution in [3.05, 3.63) is 76.3 Å². The number of piperazine rings is 1. The first kappa shape index (κ1) is 21.7. The third-order valence-corrected chi connectivity index (χ3v) is 7.75. The summed E-state index contributed by atoms with van der Waals surface area (Å²) >= 11 is 1.35. The quantitative estimate of drug-likeness (QED) is 0.532. The van der Waals surface area contributed by atoms with E-state index in [1.54, 1.807) is 5.38 Å². The third kappa shape index (κ3) is 4.73. The van der Waals surface area contributed by atoms with Gasteiger partial charge in [0.25, 0.3) is 0 Å². The Morgan fingerprint density at radius 1 is 0.903 bits per heavy atom. The van der Waals surface area contributed by atoms with Gasteiger partial charge in [-0.3, -0.25) is 0 Å². The zero-order valence-electron chi connectivity index (χ0n) is 16.1. The lowest BCUT2D eigenvalue weighted by atomic mass is 10.1. The monoisotopic (exact) mass is 471 g/mol. The number of anilines is 1. The summed E-state index contributed by atoms with van der Waals surface area (Å²) in [6.07, 6.45) is 0.267. The minimum absolute atomic E-state index is 0.114. The summed E-state index contributed by atoms with van der Waals surface area (Å²) in [5.41, 5.74) is 1.11. The molecular formula is C20H17F4N3O2S2. The van der Waals surface area contributed by atoms with E-state index in [1.165, 1.54) is 23.5 Å². The van der Waals surface area contributed by atoms with Crippen LogP contribution in [0.5, 0.6) is 0 Å². The lowest BCUT2D eigenvalue weighted by Crippen LogP contribution is -2.48. The molecular weight excluding hydrogens is 454 g/mol. The summed E-state index contributed by atoms with van der Waals surface area (Å²) in [5, 5.41) is 2.45. The number of sulfonamides is 1. The zero-order valence-corrected chi connectivity index (χ0v) is 17.7. The van der Waals surface area contributed by atoms with Crippen molar-refractivity contribution in [2.45, 2.75) is 11.3 Å². The highest BCUT2D eigenvalue weighted by molar-refractivity contribution is 7.89. The summed E-state index contributed by atoms with van der Waals surface area (Å²) in [7, 11) is -4.08. The summed E-state index contributed by atoms with van der Waals surface area (Å²) in [5.74, 6) is -3.27. The molecule has 0 bridgehead atoms. The summed E-state index contributed by atoms with van der Waals surface area (Å²) in [4.78, 5) is 5.83. The van der Waals surface area contributed by atoms with Gasteiger partial charge in [0, 0.05) is 50.1 Å². The largest absolute Gasteiger partial charge is 0.345 e. The van der Waals surface area contributed by atoms with E-state index in [4.69, 9.17) is 0 Å². The average Bonchev–Trinajstić information content (AvgIpc) is 3.15. The van der Waals surface area contributed by atoms with Crippen LogP contribution in [-0.2, 0) is 16.4 Å². The highest BCUT2D eigenvalue weighted by Crippen LogP contribution is 2.26. The first-order valence-corrected chi connectivity index (χ1v) is 11.6. The van der Waals surface area contributed by atoms with E-state index in [0.717, 1.165) is 22.5 Å². The highest BCUT2D eigenvalue weighted by Gasteiger charge is 2.31. The van der Waals surface area contributed by atoms with Gasteiger partial charge in [-0.25, -0.2) is 31.0 Å². The lowest BCUT2D eigenvalue weighted by molar-refractivity contribution is 0.382. The fraction of sp³-hybridized carbons (Fsp3) is 0.250. The van der Waals surface area contributed by atoms with Crippen molar-refractivity contribution in [1.29, 1.82) is 0 Å². The van der Waals surface area contributed by atoms with Crippen LogP contribution in [0.15, 0.2) is 46.7 Å². The van der Waals surface area contributed by atoms with Gasteiger partial charge in [-0.2, -0.15) is 4.31 Å². The molecule has 11 heteroatoms. The van der Waals surface area contributed by atoms with Crippen molar-refractivity contribution in [1.82, 2.24) is 9.29 Å². The molecule has 0 unspecified atom stereocenters. The normalized spacial score (nSPS) is 15.4. The van der Waals surface area contributed by atoms with Gasteiger partial charge in [0.2, 0.25) is 10.0 Å². The number of benzene rings is 2. The van der Waals surface area contributed by atoms with Crippen molar-refractivity contribution in [3.63, 3.8) is 0 Å². The maximum absolute atomic E-state index is 14.0. The van der Waals surface area contributed by atoms with E-state index < -0.39 is 38.2 Å². The fourth-order valence-corrected chi connectivity index (χ4v) is 5.73. The molecule has 1 aliphatic rings. The molecule has 0 atom stereocenters. The molecule has 0 N–H and O–H groups in total. The Balaban J connectivity index is 1.42. The molecule has 31 heavy (non-hydrogen) atoms. The molecule has 2 heterocycles. The Labute approximate surface area is 180 Å². The Morgan fingerprint density at radius 3 is 2.23 bits per heavy atom. The van der Waals surface area contributed by atoms with Crippen molar-refractivity contribution in [2.75, 3.05) is 31.1 Å². The lowest BCUT2D eigenvalue weighted by Gasteiger charge is -2.33. The van der Waals surface area contributed by atoms with E-state index in [1.807, 2.05) is 4.90 Å². The maximum Gasteiger partial charge on any atom is 0.246 e. The summed E-state index contributed by atoms with van der Waals surface area (Å²) in [6.45, 7) is 0.902. The van der Waals surface area contributed by atoms with Crippen molar-refractivity contribution < 1.29 is 26.0 Å². The molecule has 0 amide bonds. The number of thiazole rings is 1. The van der Waals surface area contributed by atoms with E-state index in [2.05, 4.69) is 4.98 Å². The molecule has 3 aromatic rings. The number of aromatic nitrogens is 1.